The fourth-order valence-corrected chi connectivity index (χ4v) is 4.91. The highest BCUT2D eigenvalue weighted by Gasteiger charge is 2.16. The number of hydrogen-bond acceptors (Lipinski definition) is 5. The number of ether oxygens (including phenoxy) is 2. The normalized spacial score (nSPS) is 11.1. The van der Waals surface area contributed by atoms with Gasteiger partial charge < -0.3 is 29.7 Å². The molecule has 2 heterocycles. The number of benzene rings is 3. The molecule has 0 bridgehead atoms. The molecule has 0 unspecified atom stereocenters. The van der Waals surface area contributed by atoms with E-state index in [9.17, 15) is 9.59 Å². The van der Waals surface area contributed by atoms with Crippen LogP contribution in [-0.2, 0) is 17.9 Å². The number of aromatic amines is 1. The lowest BCUT2D eigenvalue weighted by Crippen LogP contribution is -2.21. The van der Waals surface area contributed by atoms with Crippen molar-refractivity contribution in [1.29, 1.82) is 0 Å². The lowest BCUT2D eigenvalue weighted by molar-refractivity contribution is -0.116. The molecule has 0 saturated carbocycles. The number of hydrogen-bond donors (Lipinski definition) is 3. The molecule has 42 heavy (non-hydrogen) atoms. The zero-order valence-corrected chi connectivity index (χ0v) is 24.3. The van der Waals surface area contributed by atoms with Gasteiger partial charge in [0.25, 0.3) is 11.9 Å². The van der Waals surface area contributed by atoms with Crippen LogP contribution in [0, 0.1) is 0 Å². The van der Waals surface area contributed by atoms with Gasteiger partial charge in [0, 0.05) is 41.2 Å². The summed E-state index contributed by atoms with van der Waals surface area (Å²) in [6, 6.07) is 20.2. The molecule has 11 heteroatoms. The average Bonchev–Trinajstić information content (AvgIpc) is 3.66. The van der Waals surface area contributed by atoms with Crippen molar-refractivity contribution >= 4 is 52.1 Å². The van der Waals surface area contributed by atoms with Gasteiger partial charge in [0.15, 0.2) is 0 Å². The largest absolute Gasteiger partial charge is 0.486 e. The molecule has 0 fully saturated rings. The molecule has 0 aliphatic rings. The fourth-order valence-electron chi connectivity index (χ4n) is 4.34. The van der Waals surface area contributed by atoms with E-state index < -0.39 is 0 Å². The van der Waals surface area contributed by atoms with Crippen molar-refractivity contribution in [3.8, 4) is 17.4 Å². The summed E-state index contributed by atoms with van der Waals surface area (Å²) in [6.45, 7) is 0.377. The number of carbonyl (C=O) groups is 2. The second kappa shape index (κ2) is 12.8. The van der Waals surface area contributed by atoms with Crippen LogP contribution >= 0.6 is 23.2 Å². The predicted molar refractivity (Wildman–Crippen MR) is 163 cm³/mol. The number of fused-ring (bicyclic) bond motifs is 1. The van der Waals surface area contributed by atoms with Crippen LogP contribution in [0.15, 0.2) is 79.0 Å². The topological polar surface area (TPSA) is 110 Å². The third kappa shape index (κ3) is 6.27. The molecule has 0 radical (unpaired) electrons. The van der Waals surface area contributed by atoms with Crippen molar-refractivity contribution in [2.45, 2.75) is 13.2 Å². The molecule has 2 amide bonds. The zero-order valence-electron chi connectivity index (χ0n) is 22.8. The van der Waals surface area contributed by atoms with Crippen molar-refractivity contribution in [3.63, 3.8) is 0 Å². The van der Waals surface area contributed by atoms with Crippen molar-refractivity contribution in [2.75, 3.05) is 14.2 Å². The maximum atomic E-state index is 12.5. The highest BCUT2D eigenvalue weighted by Crippen LogP contribution is 2.34. The van der Waals surface area contributed by atoms with Crippen LogP contribution in [0.3, 0.4) is 0 Å². The molecule has 0 saturated heterocycles. The number of rotatable bonds is 10. The summed E-state index contributed by atoms with van der Waals surface area (Å²) in [4.78, 5) is 31.7. The van der Waals surface area contributed by atoms with E-state index in [0.29, 0.717) is 44.1 Å². The SMILES string of the molecule is CNC(=O)c1ccc(/C=C/C(=O)NCc2cccn2-c2ccc(Cl)c(COc3cccc4[nH]c(OC)nc34)c2Cl)cc1. The van der Waals surface area contributed by atoms with Crippen LogP contribution in [0.1, 0.15) is 27.2 Å². The maximum absolute atomic E-state index is 12.5. The van der Waals surface area contributed by atoms with Crippen molar-refractivity contribution in [2.24, 2.45) is 0 Å². The number of nitrogens with zero attached hydrogens (tertiary/aromatic N) is 2. The van der Waals surface area contributed by atoms with Gasteiger partial charge in [-0.2, -0.15) is 4.98 Å². The smallest absolute Gasteiger partial charge is 0.294 e. The predicted octanol–water partition coefficient (Wildman–Crippen LogP) is 5.94. The number of imidazole rings is 1. The monoisotopic (exact) mass is 603 g/mol. The van der Waals surface area contributed by atoms with E-state index in [4.69, 9.17) is 32.7 Å². The Morgan fingerprint density at radius 3 is 2.62 bits per heavy atom. The summed E-state index contributed by atoms with van der Waals surface area (Å²) >= 11 is 13.4. The fraction of sp³-hybridized carbons (Fsp3) is 0.129. The molecule has 3 N–H and O–H groups in total. The number of para-hydroxylation sites is 1. The van der Waals surface area contributed by atoms with Crippen LogP contribution in [0.25, 0.3) is 22.8 Å². The third-order valence-electron chi connectivity index (χ3n) is 6.55. The van der Waals surface area contributed by atoms with Gasteiger partial charge in [-0.05, 0) is 60.2 Å². The Morgan fingerprint density at radius 2 is 1.86 bits per heavy atom. The van der Waals surface area contributed by atoms with Crippen molar-refractivity contribution in [3.05, 3.63) is 111 Å². The van der Waals surface area contributed by atoms with Gasteiger partial charge in [-0.3, -0.25) is 9.59 Å². The quantitative estimate of drug-likeness (QED) is 0.171. The first-order valence-corrected chi connectivity index (χ1v) is 13.7. The zero-order chi connectivity index (χ0) is 29.6. The van der Waals surface area contributed by atoms with Gasteiger partial charge in [0.2, 0.25) is 5.91 Å². The summed E-state index contributed by atoms with van der Waals surface area (Å²) in [7, 11) is 3.12. The average molecular weight is 604 g/mol. The number of carbonyl (C=O) groups excluding carboxylic acids is 2. The van der Waals surface area contributed by atoms with Crippen LogP contribution in [0.2, 0.25) is 10.0 Å². The molecule has 0 aliphatic carbocycles. The molecular formula is C31H27Cl2N5O4. The van der Waals surface area contributed by atoms with Crippen molar-refractivity contribution in [1.82, 2.24) is 25.2 Å². The van der Waals surface area contributed by atoms with E-state index in [2.05, 4.69) is 20.6 Å². The maximum Gasteiger partial charge on any atom is 0.294 e. The highest BCUT2D eigenvalue weighted by molar-refractivity contribution is 6.37. The lowest BCUT2D eigenvalue weighted by Gasteiger charge is -2.16. The first-order valence-electron chi connectivity index (χ1n) is 12.9. The molecule has 5 rings (SSSR count). The molecule has 0 spiro atoms. The van der Waals surface area contributed by atoms with E-state index in [1.165, 1.54) is 13.2 Å². The van der Waals surface area contributed by atoms with E-state index in [-0.39, 0.29) is 25.0 Å². The molecule has 5 aromatic rings. The standard InChI is InChI=1S/C31H27Cl2N5O4/c1-34-30(40)20-11-8-19(9-12-20)10-15-27(39)35-17-21-5-4-16-38(21)25-14-13-23(32)22(28(25)33)18-42-26-7-3-6-24-29(26)37-31(36-24)41-2/h3-16H,17-18H2,1-2H3,(H,34,40)(H,35,39)(H,36,37)/b15-10+. The second-order valence-electron chi connectivity index (χ2n) is 9.17. The van der Waals surface area contributed by atoms with Gasteiger partial charge in [0.1, 0.15) is 17.9 Å². The van der Waals surface area contributed by atoms with Crippen LogP contribution < -0.4 is 20.1 Å². The summed E-state index contributed by atoms with van der Waals surface area (Å²) in [5, 5.41) is 6.36. The minimum atomic E-state index is -0.265. The third-order valence-corrected chi connectivity index (χ3v) is 7.32. The Morgan fingerprint density at radius 1 is 1.05 bits per heavy atom. The Balaban J connectivity index is 1.27. The van der Waals surface area contributed by atoms with E-state index >= 15 is 0 Å². The first kappa shape index (κ1) is 28.8. The minimum absolute atomic E-state index is 0.113. The second-order valence-corrected chi connectivity index (χ2v) is 9.95. The lowest BCUT2D eigenvalue weighted by atomic mass is 10.1. The van der Waals surface area contributed by atoms with Gasteiger partial charge in [-0.1, -0.05) is 41.4 Å². The number of methoxy groups -OCH3 is 1. The van der Waals surface area contributed by atoms with Crippen molar-refractivity contribution < 1.29 is 19.1 Å². The summed E-state index contributed by atoms with van der Waals surface area (Å²) in [5.74, 6) is 0.127. The van der Waals surface area contributed by atoms with Gasteiger partial charge in [0.05, 0.1) is 29.9 Å². The highest BCUT2D eigenvalue weighted by atomic mass is 35.5. The molecule has 214 valence electrons. The Bertz CT molecular complexity index is 1780. The number of H-pyrrole nitrogens is 1. The summed E-state index contributed by atoms with van der Waals surface area (Å²) < 4.78 is 13.2. The van der Waals surface area contributed by atoms with E-state index in [1.807, 2.05) is 47.2 Å². The Hall–Kier alpha value is -4.73. The molecule has 3 aromatic carbocycles. The number of aromatic nitrogens is 3. The molecular weight excluding hydrogens is 577 g/mol. The number of halogens is 2. The molecule has 0 aliphatic heterocycles. The molecule has 2 aromatic heterocycles. The van der Waals surface area contributed by atoms with E-state index in [1.54, 1.807) is 43.5 Å². The van der Waals surface area contributed by atoms with Gasteiger partial charge in [-0.25, -0.2) is 0 Å². The summed E-state index contributed by atoms with van der Waals surface area (Å²) in [5.41, 5.74) is 4.89. The molecule has 0 atom stereocenters. The van der Waals surface area contributed by atoms with Gasteiger partial charge >= 0.3 is 0 Å². The van der Waals surface area contributed by atoms with Crippen LogP contribution in [0.5, 0.6) is 11.8 Å². The Kier molecular flexibility index (Phi) is 8.80. The minimum Gasteiger partial charge on any atom is -0.486 e. The van der Waals surface area contributed by atoms with Crippen LogP contribution in [0.4, 0.5) is 0 Å². The van der Waals surface area contributed by atoms with E-state index in [0.717, 1.165) is 16.8 Å². The number of amides is 2. The first-order chi connectivity index (χ1) is 20.4. The summed E-state index contributed by atoms with van der Waals surface area (Å²) in [6.07, 6.45) is 4.99. The Labute approximate surface area is 252 Å². The van der Waals surface area contributed by atoms with Gasteiger partial charge in [-0.15, -0.1) is 0 Å². The van der Waals surface area contributed by atoms with Crippen LogP contribution in [-0.4, -0.2) is 40.5 Å². The molecule has 9 nitrogen and oxygen atoms in total. The number of nitrogens with one attached hydrogen (secondary N) is 3.